The van der Waals surface area contributed by atoms with Crippen molar-refractivity contribution < 1.29 is 9.59 Å². The number of amides is 2. The predicted octanol–water partition coefficient (Wildman–Crippen LogP) is 0.515. The lowest BCUT2D eigenvalue weighted by molar-refractivity contribution is -0.121. The molecule has 0 aliphatic carbocycles. The third-order valence-corrected chi connectivity index (χ3v) is 4.33. The number of hydrogen-bond donors (Lipinski definition) is 1. The molecular formula is C13H13BrN6O2. The Morgan fingerprint density at radius 2 is 2.18 bits per heavy atom. The van der Waals surface area contributed by atoms with E-state index in [9.17, 15) is 9.59 Å². The summed E-state index contributed by atoms with van der Waals surface area (Å²) >= 11 is 3.37. The number of carbonyl (C=O) groups excluding carboxylic acids is 2. The molecule has 8 nitrogen and oxygen atoms in total. The Hall–Kier alpha value is -2.29. The highest BCUT2D eigenvalue weighted by Gasteiger charge is 2.33. The fourth-order valence-corrected chi connectivity index (χ4v) is 2.98. The van der Waals surface area contributed by atoms with E-state index in [2.05, 4.69) is 31.5 Å². The van der Waals surface area contributed by atoms with E-state index in [0.717, 1.165) is 6.42 Å². The highest BCUT2D eigenvalue weighted by atomic mass is 79.9. The molecule has 1 aliphatic rings. The molecule has 1 atom stereocenters. The summed E-state index contributed by atoms with van der Waals surface area (Å²) in [5.74, 6) is -0.707. The zero-order valence-electron chi connectivity index (χ0n) is 11.5. The van der Waals surface area contributed by atoms with Gasteiger partial charge in [-0.1, -0.05) is 0 Å². The van der Waals surface area contributed by atoms with E-state index >= 15 is 0 Å². The molecule has 0 bridgehead atoms. The Balaban J connectivity index is 1.95. The van der Waals surface area contributed by atoms with E-state index in [4.69, 9.17) is 5.73 Å². The van der Waals surface area contributed by atoms with Gasteiger partial charge in [0, 0.05) is 11.0 Å². The van der Waals surface area contributed by atoms with Gasteiger partial charge in [0.1, 0.15) is 12.4 Å². The maximum Gasteiger partial charge on any atom is 0.255 e. The fraction of sp³-hybridized carbons (Fsp3) is 0.308. The van der Waals surface area contributed by atoms with Crippen LogP contribution in [-0.2, 0) is 4.79 Å². The van der Waals surface area contributed by atoms with E-state index in [1.165, 1.54) is 15.9 Å². The Kier molecular flexibility index (Phi) is 3.88. The van der Waals surface area contributed by atoms with Crippen LogP contribution in [0.5, 0.6) is 0 Å². The summed E-state index contributed by atoms with van der Waals surface area (Å²) in [6, 6.07) is 4.67. The van der Waals surface area contributed by atoms with Crippen LogP contribution in [0, 0.1) is 0 Å². The van der Waals surface area contributed by atoms with Gasteiger partial charge in [-0.2, -0.15) is 0 Å². The second kappa shape index (κ2) is 5.84. The van der Waals surface area contributed by atoms with Crippen molar-refractivity contribution in [3.05, 3.63) is 34.6 Å². The molecule has 2 heterocycles. The summed E-state index contributed by atoms with van der Waals surface area (Å²) in [6.45, 7) is 0.522. The van der Waals surface area contributed by atoms with Gasteiger partial charge < -0.3 is 10.6 Å². The summed E-state index contributed by atoms with van der Waals surface area (Å²) in [6.07, 6.45) is 2.81. The Labute approximate surface area is 134 Å². The van der Waals surface area contributed by atoms with Crippen molar-refractivity contribution in [3.63, 3.8) is 0 Å². The number of rotatable bonds is 3. The lowest BCUT2D eigenvalue weighted by Crippen LogP contribution is -2.43. The predicted molar refractivity (Wildman–Crippen MR) is 80.1 cm³/mol. The van der Waals surface area contributed by atoms with Crippen LogP contribution in [-0.4, -0.2) is 49.5 Å². The van der Waals surface area contributed by atoms with Gasteiger partial charge in [0.25, 0.3) is 5.91 Å². The second-order valence-corrected chi connectivity index (χ2v) is 5.83. The highest BCUT2D eigenvalue weighted by molar-refractivity contribution is 9.10. The van der Waals surface area contributed by atoms with Crippen molar-refractivity contribution in [2.45, 2.75) is 18.9 Å². The van der Waals surface area contributed by atoms with E-state index < -0.39 is 11.9 Å². The number of nitrogens with zero attached hydrogens (tertiary/aromatic N) is 5. The topological polar surface area (TPSA) is 107 Å². The molecule has 114 valence electrons. The van der Waals surface area contributed by atoms with Gasteiger partial charge in [-0.3, -0.25) is 9.59 Å². The molecule has 1 saturated heterocycles. The molecule has 2 aromatic rings. The van der Waals surface area contributed by atoms with Crippen molar-refractivity contribution in [3.8, 4) is 5.69 Å². The molecule has 1 aromatic heterocycles. The number of benzene rings is 1. The second-order valence-electron chi connectivity index (χ2n) is 4.98. The molecule has 2 amide bonds. The lowest BCUT2D eigenvalue weighted by Gasteiger charge is -2.23. The summed E-state index contributed by atoms with van der Waals surface area (Å²) in [7, 11) is 0. The van der Waals surface area contributed by atoms with E-state index in [1.54, 1.807) is 18.2 Å². The van der Waals surface area contributed by atoms with Crippen LogP contribution in [0.2, 0.25) is 0 Å². The Morgan fingerprint density at radius 1 is 1.36 bits per heavy atom. The van der Waals surface area contributed by atoms with Crippen molar-refractivity contribution in [1.82, 2.24) is 25.1 Å². The summed E-state index contributed by atoms with van der Waals surface area (Å²) < 4.78 is 2.10. The third kappa shape index (κ3) is 2.59. The van der Waals surface area contributed by atoms with Crippen LogP contribution >= 0.6 is 15.9 Å². The number of carbonyl (C=O) groups is 2. The van der Waals surface area contributed by atoms with Gasteiger partial charge in [0.2, 0.25) is 5.91 Å². The van der Waals surface area contributed by atoms with E-state index in [0.29, 0.717) is 28.7 Å². The monoisotopic (exact) mass is 364 g/mol. The molecule has 1 fully saturated rings. The first-order valence-corrected chi connectivity index (χ1v) is 7.50. The van der Waals surface area contributed by atoms with Crippen LogP contribution < -0.4 is 5.73 Å². The first-order valence-electron chi connectivity index (χ1n) is 6.71. The van der Waals surface area contributed by atoms with E-state index in [-0.39, 0.29) is 5.91 Å². The Bertz CT molecular complexity index is 717. The van der Waals surface area contributed by atoms with Crippen molar-refractivity contribution in [2.24, 2.45) is 5.73 Å². The number of hydrogen-bond acceptors (Lipinski definition) is 5. The highest BCUT2D eigenvalue weighted by Crippen LogP contribution is 2.25. The van der Waals surface area contributed by atoms with Gasteiger partial charge in [0.05, 0.1) is 11.3 Å². The largest absolute Gasteiger partial charge is 0.368 e. The average Bonchev–Trinajstić information content (AvgIpc) is 3.18. The molecule has 9 heteroatoms. The molecular weight excluding hydrogens is 352 g/mol. The van der Waals surface area contributed by atoms with Gasteiger partial charge in [-0.15, -0.1) is 5.10 Å². The molecule has 3 rings (SSSR count). The maximum absolute atomic E-state index is 12.7. The van der Waals surface area contributed by atoms with Crippen molar-refractivity contribution >= 4 is 27.7 Å². The molecule has 1 aliphatic heterocycles. The Morgan fingerprint density at radius 3 is 2.86 bits per heavy atom. The molecule has 0 saturated carbocycles. The quantitative estimate of drug-likeness (QED) is 0.853. The van der Waals surface area contributed by atoms with Crippen LogP contribution in [0.3, 0.4) is 0 Å². The van der Waals surface area contributed by atoms with Crippen molar-refractivity contribution in [1.29, 1.82) is 0 Å². The van der Waals surface area contributed by atoms with Gasteiger partial charge >= 0.3 is 0 Å². The molecule has 0 spiro atoms. The zero-order valence-corrected chi connectivity index (χ0v) is 13.1. The number of tetrazole rings is 1. The summed E-state index contributed by atoms with van der Waals surface area (Å²) in [4.78, 5) is 25.7. The smallest absolute Gasteiger partial charge is 0.255 e. The molecule has 0 radical (unpaired) electrons. The van der Waals surface area contributed by atoms with Crippen molar-refractivity contribution in [2.75, 3.05) is 6.54 Å². The minimum Gasteiger partial charge on any atom is -0.368 e. The SMILES string of the molecule is NC(=O)[C@@H]1CCCN1C(=O)c1cc(-n2cnnn2)ccc1Br. The molecule has 2 N–H and O–H groups in total. The molecule has 22 heavy (non-hydrogen) atoms. The minimum absolute atomic E-state index is 0.233. The minimum atomic E-state index is -0.545. The third-order valence-electron chi connectivity index (χ3n) is 3.64. The molecule has 0 unspecified atom stereocenters. The maximum atomic E-state index is 12.7. The summed E-state index contributed by atoms with van der Waals surface area (Å²) in [5.41, 5.74) is 6.48. The number of primary amides is 1. The first kappa shape index (κ1) is 14.6. The van der Waals surface area contributed by atoms with E-state index in [1.807, 2.05) is 0 Å². The van der Waals surface area contributed by atoms with Crippen LogP contribution in [0.1, 0.15) is 23.2 Å². The number of likely N-dealkylation sites (tertiary alicyclic amines) is 1. The van der Waals surface area contributed by atoms with Crippen LogP contribution in [0.15, 0.2) is 29.0 Å². The van der Waals surface area contributed by atoms with Gasteiger partial charge in [0.15, 0.2) is 0 Å². The number of nitrogens with two attached hydrogens (primary N) is 1. The molecule has 1 aromatic carbocycles. The van der Waals surface area contributed by atoms with Gasteiger partial charge in [-0.25, -0.2) is 4.68 Å². The number of aromatic nitrogens is 4. The van der Waals surface area contributed by atoms with Gasteiger partial charge in [-0.05, 0) is 57.4 Å². The fourth-order valence-electron chi connectivity index (χ4n) is 2.56. The first-order chi connectivity index (χ1) is 10.6. The van der Waals surface area contributed by atoms with Crippen LogP contribution in [0.4, 0.5) is 0 Å². The lowest BCUT2D eigenvalue weighted by atomic mass is 10.1. The normalized spacial score (nSPS) is 17.7. The zero-order chi connectivity index (χ0) is 15.7. The number of halogens is 1. The average molecular weight is 365 g/mol. The van der Waals surface area contributed by atoms with Crippen LogP contribution in [0.25, 0.3) is 5.69 Å². The summed E-state index contributed by atoms with van der Waals surface area (Å²) in [5, 5.41) is 10.9. The standard InChI is InChI=1S/C13H13BrN6O2/c14-10-4-3-8(20-7-16-17-18-20)6-9(10)13(22)19-5-1-2-11(19)12(15)21/h3-4,6-7,11H,1-2,5H2,(H2,15,21)/t11-/m0/s1.